The summed E-state index contributed by atoms with van der Waals surface area (Å²) in [6, 6.07) is 5.14. The van der Waals surface area contributed by atoms with E-state index in [1.54, 1.807) is 23.1 Å². The molecule has 8 heteroatoms. The second kappa shape index (κ2) is 5.73. The Hall–Kier alpha value is -2.61. The largest absolute Gasteiger partial charge is 0.353 e. The van der Waals surface area contributed by atoms with E-state index in [0.717, 1.165) is 6.54 Å². The van der Waals surface area contributed by atoms with Gasteiger partial charge < -0.3 is 20.2 Å². The first-order valence-corrected chi connectivity index (χ1v) is 8.50. The summed E-state index contributed by atoms with van der Waals surface area (Å²) in [7, 11) is 1.98. The molecule has 2 aromatic rings. The van der Waals surface area contributed by atoms with Gasteiger partial charge in [-0.25, -0.2) is 4.79 Å². The maximum atomic E-state index is 12.8. The molecule has 0 saturated carbocycles. The number of carbonyl (C=O) groups is 2. The summed E-state index contributed by atoms with van der Waals surface area (Å²) in [5.41, 5.74) is 1.06. The topological polar surface area (TPSA) is 101 Å². The van der Waals surface area contributed by atoms with Gasteiger partial charge in [0.1, 0.15) is 5.54 Å². The zero-order chi connectivity index (χ0) is 17.6. The minimum absolute atomic E-state index is 0.0691. The maximum Gasteiger partial charge on any atom is 0.323 e. The monoisotopic (exact) mass is 343 g/mol. The number of hydrogen-bond donors (Lipinski definition) is 3. The van der Waals surface area contributed by atoms with Crippen molar-refractivity contribution < 1.29 is 9.59 Å². The molecule has 4 rings (SSSR count). The molecule has 1 aromatic carbocycles. The van der Waals surface area contributed by atoms with Crippen LogP contribution in [0.2, 0.25) is 0 Å². The number of piperazine rings is 1. The molecule has 3 heterocycles. The molecule has 8 nitrogen and oxygen atoms in total. The number of imidazole rings is 1. The molecule has 0 aliphatic carbocycles. The molecule has 132 valence electrons. The average molecular weight is 343 g/mol. The summed E-state index contributed by atoms with van der Waals surface area (Å²) in [6.07, 6.45) is 1.26. The van der Waals surface area contributed by atoms with Gasteiger partial charge in [0, 0.05) is 31.7 Å². The van der Waals surface area contributed by atoms with Crippen molar-refractivity contribution in [1.29, 1.82) is 0 Å². The number of likely N-dealkylation sites (N-methyl/N-ethyl adjacent to an activating group) is 1. The molecule has 0 atom stereocenters. The third-order valence-electron chi connectivity index (χ3n) is 5.53. The number of aromatic amines is 2. The molecule has 2 fully saturated rings. The van der Waals surface area contributed by atoms with E-state index in [9.17, 15) is 14.4 Å². The van der Waals surface area contributed by atoms with Crippen molar-refractivity contribution in [3.8, 4) is 0 Å². The number of amides is 2. The highest BCUT2D eigenvalue weighted by atomic mass is 16.2. The van der Waals surface area contributed by atoms with E-state index in [0.29, 0.717) is 49.1 Å². The van der Waals surface area contributed by atoms with Gasteiger partial charge in [-0.1, -0.05) is 0 Å². The van der Waals surface area contributed by atoms with E-state index in [-0.39, 0.29) is 17.5 Å². The van der Waals surface area contributed by atoms with E-state index in [1.807, 2.05) is 7.05 Å². The van der Waals surface area contributed by atoms with Gasteiger partial charge in [-0.05, 0) is 38.1 Å². The highest BCUT2D eigenvalue weighted by Gasteiger charge is 2.47. The molecule has 2 amide bonds. The van der Waals surface area contributed by atoms with Crippen molar-refractivity contribution in [2.24, 2.45) is 0 Å². The van der Waals surface area contributed by atoms with Crippen molar-refractivity contribution in [2.45, 2.75) is 18.4 Å². The lowest BCUT2D eigenvalue weighted by Gasteiger charge is -2.48. The predicted octanol–water partition coefficient (Wildman–Crippen LogP) is -0.107. The molecule has 0 unspecified atom stereocenters. The van der Waals surface area contributed by atoms with Gasteiger partial charge in [-0.3, -0.25) is 14.5 Å². The first-order valence-electron chi connectivity index (χ1n) is 8.50. The molecule has 2 aliphatic rings. The summed E-state index contributed by atoms with van der Waals surface area (Å²) < 4.78 is 0. The van der Waals surface area contributed by atoms with E-state index in [2.05, 4.69) is 20.2 Å². The number of piperidine rings is 1. The van der Waals surface area contributed by atoms with Crippen LogP contribution in [0.1, 0.15) is 23.2 Å². The van der Waals surface area contributed by atoms with Crippen molar-refractivity contribution >= 4 is 22.8 Å². The number of fused-ring (bicyclic) bond motifs is 1. The second-order valence-corrected chi connectivity index (χ2v) is 6.84. The lowest BCUT2D eigenvalue weighted by Crippen LogP contribution is -2.67. The normalized spacial score (nSPS) is 20.8. The molecule has 0 radical (unpaired) electrons. The number of carbonyl (C=O) groups excluding carboxylic acids is 2. The molecular weight excluding hydrogens is 322 g/mol. The summed E-state index contributed by atoms with van der Waals surface area (Å²) in [4.78, 5) is 45.8. The number of H-pyrrole nitrogens is 2. The number of aromatic nitrogens is 2. The Kier molecular flexibility index (Phi) is 3.64. The van der Waals surface area contributed by atoms with Crippen LogP contribution in [0.3, 0.4) is 0 Å². The van der Waals surface area contributed by atoms with Crippen molar-refractivity contribution in [1.82, 2.24) is 25.1 Å². The number of hydrogen-bond acceptors (Lipinski definition) is 4. The van der Waals surface area contributed by atoms with Crippen molar-refractivity contribution in [2.75, 3.05) is 33.2 Å². The Morgan fingerprint density at radius 1 is 1.08 bits per heavy atom. The van der Waals surface area contributed by atoms with Crippen LogP contribution in [0.15, 0.2) is 23.0 Å². The Morgan fingerprint density at radius 3 is 2.52 bits per heavy atom. The van der Waals surface area contributed by atoms with Crippen LogP contribution in [0.5, 0.6) is 0 Å². The SMILES string of the molecule is CN1CCNC(=O)C12CCN(C(=O)c1ccc3[nH]c(=O)[nH]c3c1)CC2. The minimum Gasteiger partial charge on any atom is -0.353 e. The number of nitrogens with one attached hydrogen (secondary N) is 3. The summed E-state index contributed by atoms with van der Waals surface area (Å²) >= 11 is 0. The van der Waals surface area contributed by atoms with Gasteiger partial charge in [-0.2, -0.15) is 0 Å². The van der Waals surface area contributed by atoms with Crippen molar-refractivity contribution in [3.05, 3.63) is 34.2 Å². The minimum atomic E-state index is -0.495. The highest BCUT2D eigenvalue weighted by molar-refractivity contribution is 5.97. The fourth-order valence-electron chi connectivity index (χ4n) is 3.93. The molecular formula is C17H21N5O3. The summed E-state index contributed by atoms with van der Waals surface area (Å²) in [5.74, 6) is -0.00247. The average Bonchev–Trinajstić information content (AvgIpc) is 2.99. The van der Waals surface area contributed by atoms with Crippen molar-refractivity contribution in [3.63, 3.8) is 0 Å². The number of benzene rings is 1. The van der Waals surface area contributed by atoms with E-state index in [1.165, 1.54) is 0 Å². The molecule has 25 heavy (non-hydrogen) atoms. The standard InChI is InChI=1S/C17H21N5O3/c1-21-9-6-18-15(24)17(21)4-7-22(8-5-17)14(23)11-2-3-12-13(10-11)20-16(25)19-12/h2-3,10H,4-9H2,1H3,(H,18,24)(H2,19,20,25). The van der Waals surface area contributed by atoms with Gasteiger partial charge >= 0.3 is 5.69 Å². The fourth-order valence-corrected chi connectivity index (χ4v) is 3.93. The van der Waals surface area contributed by atoms with Gasteiger partial charge in [0.15, 0.2) is 0 Å². The lowest BCUT2D eigenvalue weighted by molar-refractivity contribution is -0.139. The van der Waals surface area contributed by atoms with Gasteiger partial charge in [-0.15, -0.1) is 0 Å². The second-order valence-electron chi connectivity index (χ2n) is 6.84. The molecule has 1 aromatic heterocycles. The predicted molar refractivity (Wildman–Crippen MR) is 92.4 cm³/mol. The smallest absolute Gasteiger partial charge is 0.323 e. The van der Waals surface area contributed by atoms with Crippen LogP contribution in [-0.4, -0.2) is 70.3 Å². The third kappa shape index (κ3) is 2.53. The Balaban J connectivity index is 1.52. The Morgan fingerprint density at radius 2 is 1.80 bits per heavy atom. The number of nitrogens with zero attached hydrogens (tertiary/aromatic N) is 2. The third-order valence-corrected chi connectivity index (χ3v) is 5.53. The first kappa shape index (κ1) is 15.9. The Bertz CT molecular complexity index is 891. The quantitative estimate of drug-likeness (QED) is 0.673. The maximum absolute atomic E-state index is 12.8. The van der Waals surface area contributed by atoms with Crippen LogP contribution in [0.4, 0.5) is 0 Å². The number of rotatable bonds is 1. The zero-order valence-corrected chi connectivity index (χ0v) is 14.1. The molecule has 3 N–H and O–H groups in total. The van der Waals surface area contributed by atoms with E-state index < -0.39 is 5.54 Å². The Labute approximate surface area is 144 Å². The molecule has 2 saturated heterocycles. The van der Waals surface area contributed by atoms with Crippen LogP contribution in [0.25, 0.3) is 11.0 Å². The summed E-state index contributed by atoms with van der Waals surface area (Å²) in [6.45, 7) is 2.59. The van der Waals surface area contributed by atoms with Gasteiger partial charge in [0.25, 0.3) is 5.91 Å². The zero-order valence-electron chi connectivity index (χ0n) is 14.1. The lowest BCUT2D eigenvalue weighted by atomic mass is 9.83. The highest BCUT2D eigenvalue weighted by Crippen LogP contribution is 2.30. The van der Waals surface area contributed by atoms with Gasteiger partial charge in [0.2, 0.25) is 5.91 Å². The molecule has 2 aliphatic heterocycles. The summed E-state index contributed by atoms with van der Waals surface area (Å²) in [5, 5.41) is 2.95. The van der Waals surface area contributed by atoms with E-state index in [4.69, 9.17) is 0 Å². The van der Waals surface area contributed by atoms with Crippen LogP contribution in [-0.2, 0) is 4.79 Å². The molecule has 1 spiro atoms. The fraction of sp³-hybridized carbons (Fsp3) is 0.471. The molecule has 0 bridgehead atoms. The number of likely N-dealkylation sites (tertiary alicyclic amines) is 1. The van der Waals surface area contributed by atoms with Crippen LogP contribution in [0, 0.1) is 0 Å². The van der Waals surface area contributed by atoms with Crippen LogP contribution >= 0.6 is 0 Å². The van der Waals surface area contributed by atoms with Gasteiger partial charge in [0.05, 0.1) is 11.0 Å². The van der Waals surface area contributed by atoms with E-state index >= 15 is 0 Å². The first-order chi connectivity index (χ1) is 12.0. The van der Waals surface area contributed by atoms with Crippen LogP contribution < -0.4 is 11.0 Å².